The fourth-order valence-electron chi connectivity index (χ4n) is 7.74. The lowest BCUT2D eigenvalue weighted by Crippen LogP contribution is -2.43. The second-order valence-electron chi connectivity index (χ2n) is 11.3. The molecule has 7 atom stereocenters. The fraction of sp³-hybridized carbons (Fsp3) is 0.846. The van der Waals surface area contributed by atoms with Crippen LogP contribution in [0.3, 0.4) is 0 Å². The van der Waals surface area contributed by atoms with E-state index in [1.807, 2.05) is 0 Å². The highest BCUT2D eigenvalue weighted by Crippen LogP contribution is 2.64. The van der Waals surface area contributed by atoms with Crippen LogP contribution in [0.25, 0.3) is 0 Å². The third-order valence-corrected chi connectivity index (χ3v) is 15.1. The first-order valence-corrected chi connectivity index (χ1v) is 15.1. The van der Waals surface area contributed by atoms with Gasteiger partial charge in [-0.25, -0.2) is 0 Å². The minimum atomic E-state index is -1.31. The van der Waals surface area contributed by atoms with Crippen molar-refractivity contribution in [2.24, 2.45) is 29.6 Å². The van der Waals surface area contributed by atoms with E-state index in [2.05, 4.69) is 61.6 Å². The minimum absolute atomic E-state index is 0.817. The molecular weight excluding hydrogens is 340 g/mol. The monoisotopic (exact) mass is 386 g/mol. The molecule has 7 unspecified atom stereocenters. The maximum absolute atomic E-state index is 2.79. The molecule has 0 N–H and O–H groups in total. The minimum Gasteiger partial charge on any atom is -0.0689 e. The topological polar surface area (TPSA) is 0 Å². The van der Waals surface area contributed by atoms with Gasteiger partial charge in [-0.1, -0.05) is 77.1 Å². The summed E-state index contributed by atoms with van der Waals surface area (Å²) in [6, 6.07) is 0. The highest BCUT2D eigenvalue weighted by molar-refractivity contribution is 6.80. The van der Waals surface area contributed by atoms with E-state index in [9.17, 15) is 0 Å². The summed E-state index contributed by atoms with van der Waals surface area (Å²) in [4.78, 5) is 0. The molecule has 0 aromatic carbocycles. The molecule has 1 heteroatoms. The molecule has 2 saturated carbocycles. The van der Waals surface area contributed by atoms with Crippen LogP contribution in [0.1, 0.15) is 87.0 Å². The Kier molecular flexibility index (Phi) is 6.22. The molecule has 0 aromatic heterocycles. The Morgan fingerprint density at radius 1 is 0.852 bits per heavy atom. The first-order valence-electron chi connectivity index (χ1n) is 12.0. The third kappa shape index (κ3) is 3.45. The van der Waals surface area contributed by atoms with Crippen LogP contribution >= 0.6 is 0 Å². The van der Waals surface area contributed by atoms with Gasteiger partial charge >= 0.3 is 0 Å². The summed E-state index contributed by atoms with van der Waals surface area (Å²) < 4.78 is 0. The fourth-order valence-corrected chi connectivity index (χ4v) is 13.2. The quantitative estimate of drug-likeness (QED) is 0.415. The van der Waals surface area contributed by atoms with E-state index in [-0.39, 0.29) is 0 Å². The van der Waals surface area contributed by atoms with Crippen LogP contribution in [0.15, 0.2) is 22.3 Å². The van der Waals surface area contributed by atoms with E-state index in [1.54, 1.807) is 28.7 Å². The van der Waals surface area contributed by atoms with Gasteiger partial charge in [0.15, 0.2) is 0 Å². The Balaban J connectivity index is 1.89. The van der Waals surface area contributed by atoms with Crippen LogP contribution in [-0.4, -0.2) is 8.07 Å². The van der Waals surface area contributed by atoms with Crippen LogP contribution in [0, 0.1) is 29.6 Å². The van der Waals surface area contributed by atoms with E-state index < -0.39 is 8.07 Å². The van der Waals surface area contributed by atoms with E-state index in [1.165, 1.54) is 32.1 Å². The number of hydrogen-bond donors (Lipinski definition) is 0. The van der Waals surface area contributed by atoms with Gasteiger partial charge in [0.1, 0.15) is 0 Å². The highest BCUT2D eigenvalue weighted by atomic mass is 28.3. The molecule has 0 radical (unpaired) electrons. The van der Waals surface area contributed by atoms with Crippen molar-refractivity contribution in [2.75, 3.05) is 0 Å². The number of fused-ring (bicyclic) bond motifs is 1. The molecule has 3 rings (SSSR count). The largest absolute Gasteiger partial charge is 0.0689 e. The number of allylic oxidation sites excluding steroid dienone is 4. The van der Waals surface area contributed by atoms with Gasteiger partial charge in [0.25, 0.3) is 0 Å². The Bertz CT molecular complexity index is 622. The Morgan fingerprint density at radius 3 is 2.04 bits per heavy atom. The Hall–Kier alpha value is -0.303. The second-order valence-corrected chi connectivity index (χ2v) is 16.4. The molecule has 3 aliphatic carbocycles. The molecule has 2 fully saturated rings. The van der Waals surface area contributed by atoms with E-state index in [4.69, 9.17) is 0 Å². The maximum Gasteiger partial charge on any atom is 0.0544 e. The SMILES string of the molecule is CCCCC1CCC([Si](C)(C)C2C(C)C(C)C3C(C)=C(C)C(C)=C(C)C32)C1. The predicted octanol–water partition coefficient (Wildman–Crippen LogP) is 8.63. The summed E-state index contributed by atoms with van der Waals surface area (Å²) in [6.07, 6.45) is 8.95. The number of hydrogen-bond acceptors (Lipinski definition) is 0. The molecule has 0 bridgehead atoms. The molecule has 0 nitrogen and oxygen atoms in total. The van der Waals surface area contributed by atoms with Gasteiger partial charge in [-0.2, -0.15) is 0 Å². The predicted molar refractivity (Wildman–Crippen MR) is 124 cm³/mol. The summed E-state index contributed by atoms with van der Waals surface area (Å²) in [5.74, 6) is 4.44. The lowest BCUT2D eigenvalue weighted by Gasteiger charge is -2.44. The van der Waals surface area contributed by atoms with Crippen LogP contribution in [0.4, 0.5) is 0 Å². The van der Waals surface area contributed by atoms with Crippen LogP contribution < -0.4 is 0 Å². The van der Waals surface area contributed by atoms with Crippen LogP contribution in [-0.2, 0) is 0 Å². The van der Waals surface area contributed by atoms with E-state index >= 15 is 0 Å². The standard InChI is InChI=1S/C26H46Si/c1-10-11-12-22-13-14-23(15-22)27(8,9)26-21(7)20(6)24-18(4)16(2)17(3)19(5)25(24)26/h20-26H,10-15H2,1-9H3. The van der Waals surface area contributed by atoms with Gasteiger partial charge in [0.05, 0.1) is 8.07 Å². The van der Waals surface area contributed by atoms with Crippen molar-refractivity contribution in [1.82, 2.24) is 0 Å². The molecular formula is C26H46Si. The van der Waals surface area contributed by atoms with Crippen molar-refractivity contribution < 1.29 is 0 Å². The third-order valence-electron chi connectivity index (χ3n) is 9.90. The van der Waals surface area contributed by atoms with E-state index in [0.29, 0.717) is 0 Å². The molecule has 0 saturated heterocycles. The number of rotatable bonds is 5. The lowest BCUT2D eigenvalue weighted by atomic mass is 9.72. The summed E-state index contributed by atoms with van der Waals surface area (Å²) in [5, 5.41) is 0. The highest BCUT2D eigenvalue weighted by Gasteiger charge is 2.57. The van der Waals surface area contributed by atoms with Crippen molar-refractivity contribution in [1.29, 1.82) is 0 Å². The van der Waals surface area contributed by atoms with E-state index in [0.717, 1.165) is 40.7 Å². The zero-order valence-electron chi connectivity index (χ0n) is 19.8. The molecule has 0 aliphatic heterocycles. The molecule has 0 amide bonds. The van der Waals surface area contributed by atoms with Crippen molar-refractivity contribution in [3.63, 3.8) is 0 Å². The molecule has 0 aromatic rings. The molecule has 0 heterocycles. The second kappa shape index (κ2) is 7.85. The maximum atomic E-state index is 2.79. The molecule has 154 valence electrons. The first-order chi connectivity index (χ1) is 12.6. The zero-order chi connectivity index (χ0) is 20.1. The average molecular weight is 387 g/mol. The van der Waals surface area contributed by atoms with Gasteiger partial charge in [-0.3, -0.25) is 0 Å². The Morgan fingerprint density at radius 2 is 1.44 bits per heavy atom. The summed E-state index contributed by atoms with van der Waals surface area (Å²) in [5.41, 5.74) is 8.75. The first kappa shape index (κ1) is 21.4. The smallest absolute Gasteiger partial charge is 0.0544 e. The lowest BCUT2D eigenvalue weighted by molar-refractivity contribution is 0.371. The van der Waals surface area contributed by atoms with Gasteiger partial charge < -0.3 is 0 Å². The summed E-state index contributed by atoms with van der Waals surface area (Å²) in [6.45, 7) is 22.9. The van der Waals surface area contributed by atoms with Crippen LogP contribution in [0.5, 0.6) is 0 Å². The summed E-state index contributed by atoms with van der Waals surface area (Å²) >= 11 is 0. The zero-order valence-corrected chi connectivity index (χ0v) is 20.8. The van der Waals surface area contributed by atoms with Crippen molar-refractivity contribution in [3.05, 3.63) is 22.3 Å². The summed E-state index contributed by atoms with van der Waals surface area (Å²) in [7, 11) is -1.31. The van der Waals surface area contributed by atoms with Crippen molar-refractivity contribution in [3.8, 4) is 0 Å². The van der Waals surface area contributed by atoms with Gasteiger partial charge in [-0.05, 0) is 85.9 Å². The number of unbranched alkanes of at least 4 members (excludes halogenated alkanes) is 1. The molecule has 0 spiro atoms. The van der Waals surface area contributed by atoms with Crippen molar-refractivity contribution >= 4 is 8.07 Å². The molecule has 27 heavy (non-hydrogen) atoms. The Labute approximate surface area is 171 Å². The van der Waals surface area contributed by atoms with Gasteiger partial charge in [-0.15, -0.1) is 0 Å². The van der Waals surface area contributed by atoms with Crippen molar-refractivity contribution in [2.45, 2.75) is 111 Å². The van der Waals surface area contributed by atoms with Gasteiger partial charge in [0.2, 0.25) is 0 Å². The van der Waals surface area contributed by atoms with Crippen LogP contribution in [0.2, 0.25) is 24.2 Å². The van der Waals surface area contributed by atoms with Gasteiger partial charge in [0, 0.05) is 0 Å². The molecule has 3 aliphatic rings. The average Bonchev–Trinajstić information content (AvgIpc) is 3.21. The normalized spacial score (nSPS) is 40.1.